The van der Waals surface area contributed by atoms with E-state index in [0.717, 1.165) is 23.4 Å². The van der Waals surface area contributed by atoms with Crippen LogP contribution in [-0.2, 0) is 4.74 Å². The van der Waals surface area contributed by atoms with Crippen molar-refractivity contribution in [3.8, 4) is 0 Å². The van der Waals surface area contributed by atoms with Crippen LogP contribution in [0.25, 0.3) is 0 Å². The van der Waals surface area contributed by atoms with Gasteiger partial charge in [0.05, 0.1) is 18.8 Å². The third-order valence-corrected chi connectivity index (χ3v) is 3.08. The van der Waals surface area contributed by atoms with E-state index >= 15 is 0 Å². The second kappa shape index (κ2) is 4.49. The summed E-state index contributed by atoms with van der Waals surface area (Å²) in [5, 5.41) is 0. The average molecular weight is 271 g/mol. The molecular weight excluding hydrogens is 256 g/mol. The molecule has 1 aromatic rings. The molecular formula is C11H15BrN2O. The molecule has 2 rings (SSSR count). The number of anilines is 1. The van der Waals surface area contributed by atoms with Crippen LogP contribution in [0.1, 0.15) is 13.8 Å². The van der Waals surface area contributed by atoms with Crippen LogP contribution in [0.2, 0.25) is 0 Å². The molecule has 0 radical (unpaired) electrons. The second-order valence-corrected chi connectivity index (χ2v) is 4.90. The van der Waals surface area contributed by atoms with Gasteiger partial charge >= 0.3 is 0 Å². The summed E-state index contributed by atoms with van der Waals surface area (Å²) in [5.41, 5.74) is 0. The minimum absolute atomic E-state index is 0.284. The van der Waals surface area contributed by atoms with E-state index in [1.54, 1.807) is 0 Å². The summed E-state index contributed by atoms with van der Waals surface area (Å²) in [5.74, 6) is 1.03. The number of halogens is 1. The quantitative estimate of drug-likeness (QED) is 0.784. The Kier molecular flexibility index (Phi) is 3.26. The topological polar surface area (TPSA) is 25.4 Å². The van der Waals surface area contributed by atoms with E-state index in [9.17, 15) is 0 Å². The van der Waals surface area contributed by atoms with Crippen LogP contribution in [-0.4, -0.2) is 30.3 Å². The van der Waals surface area contributed by atoms with Crippen molar-refractivity contribution in [3.05, 3.63) is 22.8 Å². The molecule has 4 heteroatoms. The van der Waals surface area contributed by atoms with Crippen molar-refractivity contribution < 1.29 is 4.74 Å². The summed E-state index contributed by atoms with van der Waals surface area (Å²) in [6.07, 6.45) is 2.12. The fourth-order valence-electron chi connectivity index (χ4n) is 1.76. The van der Waals surface area contributed by atoms with Gasteiger partial charge in [-0.05, 0) is 41.9 Å². The first-order valence-corrected chi connectivity index (χ1v) is 5.96. The Morgan fingerprint density at radius 2 is 2.27 bits per heavy atom. The van der Waals surface area contributed by atoms with Crippen LogP contribution >= 0.6 is 15.9 Å². The van der Waals surface area contributed by atoms with Crippen LogP contribution in [0.3, 0.4) is 0 Å². The monoisotopic (exact) mass is 270 g/mol. The molecule has 1 aromatic heterocycles. The number of hydrogen-bond donors (Lipinski definition) is 0. The zero-order valence-corrected chi connectivity index (χ0v) is 10.6. The first-order chi connectivity index (χ1) is 7.16. The fourth-order valence-corrected chi connectivity index (χ4v) is 1.99. The molecule has 0 spiro atoms. The molecule has 1 saturated heterocycles. The molecule has 2 unspecified atom stereocenters. The largest absolute Gasteiger partial charge is 0.375 e. The van der Waals surface area contributed by atoms with Crippen molar-refractivity contribution in [2.45, 2.75) is 26.0 Å². The Hall–Kier alpha value is -0.610. The Morgan fingerprint density at radius 3 is 2.93 bits per heavy atom. The van der Waals surface area contributed by atoms with Gasteiger partial charge in [-0.3, -0.25) is 0 Å². The molecule has 2 atom stereocenters. The number of ether oxygens (including phenoxy) is 1. The maximum Gasteiger partial charge on any atom is 0.128 e. The highest BCUT2D eigenvalue weighted by Crippen LogP contribution is 2.20. The molecule has 3 nitrogen and oxygen atoms in total. The molecule has 0 aliphatic carbocycles. The second-order valence-electron chi connectivity index (χ2n) is 3.98. The normalized spacial score (nSPS) is 26.7. The maximum atomic E-state index is 5.59. The first kappa shape index (κ1) is 10.9. The van der Waals surface area contributed by atoms with Crippen molar-refractivity contribution in [1.29, 1.82) is 0 Å². The van der Waals surface area contributed by atoms with E-state index in [0.29, 0.717) is 6.04 Å². The van der Waals surface area contributed by atoms with Gasteiger partial charge in [0.1, 0.15) is 5.82 Å². The predicted octanol–water partition coefficient (Wildman–Crippen LogP) is 2.46. The molecule has 0 N–H and O–H groups in total. The lowest BCUT2D eigenvalue weighted by atomic mass is 10.2. The van der Waals surface area contributed by atoms with Crippen LogP contribution in [0.15, 0.2) is 22.8 Å². The summed E-state index contributed by atoms with van der Waals surface area (Å²) < 4.78 is 6.60. The summed E-state index contributed by atoms with van der Waals surface area (Å²) in [4.78, 5) is 6.70. The van der Waals surface area contributed by atoms with Crippen molar-refractivity contribution in [2.75, 3.05) is 18.1 Å². The molecule has 82 valence electrons. The average Bonchev–Trinajstić information content (AvgIpc) is 2.23. The number of rotatable bonds is 1. The molecule has 1 aliphatic rings. The minimum Gasteiger partial charge on any atom is -0.375 e. The number of nitrogens with zero attached hydrogens (tertiary/aromatic N) is 2. The number of pyridine rings is 1. The van der Waals surface area contributed by atoms with Crippen molar-refractivity contribution in [2.24, 2.45) is 0 Å². The molecule has 0 saturated carbocycles. The number of morpholine rings is 1. The van der Waals surface area contributed by atoms with Crippen molar-refractivity contribution in [1.82, 2.24) is 4.98 Å². The third kappa shape index (κ3) is 2.49. The zero-order valence-electron chi connectivity index (χ0n) is 8.98. The van der Waals surface area contributed by atoms with Gasteiger partial charge in [-0.2, -0.15) is 0 Å². The SMILES string of the molecule is CC1CN(c2ccc(Br)cn2)C(C)CO1. The molecule has 0 bridgehead atoms. The Bertz CT molecular complexity index is 328. The van der Waals surface area contributed by atoms with Crippen LogP contribution < -0.4 is 4.90 Å². The third-order valence-electron chi connectivity index (χ3n) is 2.61. The van der Waals surface area contributed by atoms with E-state index in [1.165, 1.54) is 0 Å². The molecule has 1 fully saturated rings. The Labute approximate surface area is 98.6 Å². The zero-order chi connectivity index (χ0) is 10.8. The van der Waals surface area contributed by atoms with Gasteiger partial charge in [0.15, 0.2) is 0 Å². The predicted molar refractivity (Wildman–Crippen MR) is 64.2 cm³/mol. The van der Waals surface area contributed by atoms with Gasteiger partial charge in [-0.1, -0.05) is 0 Å². The van der Waals surface area contributed by atoms with Gasteiger partial charge in [0.25, 0.3) is 0 Å². The smallest absolute Gasteiger partial charge is 0.128 e. The van der Waals surface area contributed by atoms with Crippen molar-refractivity contribution in [3.63, 3.8) is 0 Å². The van der Waals surface area contributed by atoms with Crippen LogP contribution in [0.4, 0.5) is 5.82 Å². The highest BCUT2D eigenvalue weighted by molar-refractivity contribution is 9.10. The standard InChI is InChI=1S/C11H15BrN2O/c1-8-7-15-9(2)6-14(8)11-4-3-10(12)5-13-11/h3-5,8-9H,6-7H2,1-2H3. The number of hydrogen-bond acceptors (Lipinski definition) is 3. The van der Waals surface area contributed by atoms with Crippen LogP contribution in [0, 0.1) is 0 Å². The lowest BCUT2D eigenvalue weighted by molar-refractivity contribution is 0.0340. The lowest BCUT2D eigenvalue weighted by Crippen LogP contribution is -2.47. The minimum atomic E-state index is 0.284. The molecule has 0 amide bonds. The van der Waals surface area contributed by atoms with E-state index in [1.807, 2.05) is 18.3 Å². The van der Waals surface area contributed by atoms with Gasteiger partial charge in [-0.25, -0.2) is 4.98 Å². The van der Waals surface area contributed by atoms with E-state index in [2.05, 4.69) is 39.7 Å². The highest BCUT2D eigenvalue weighted by Gasteiger charge is 2.24. The summed E-state index contributed by atoms with van der Waals surface area (Å²) in [6, 6.07) is 4.46. The lowest BCUT2D eigenvalue weighted by Gasteiger charge is -2.37. The Balaban J connectivity index is 2.17. The Morgan fingerprint density at radius 1 is 1.47 bits per heavy atom. The van der Waals surface area contributed by atoms with Gasteiger partial charge in [-0.15, -0.1) is 0 Å². The molecule has 2 heterocycles. The van der Waals surface area contributed by atoms with Gasteiger partial charge in [0, 0.05) is 17.2 Å². The maximum absolute atomic E-state index is 5.59. The van der Waals surface area contributed by atoms with Gasteiger partial charge in [0.2, 0.25) is 0 Å². The van der Waals surface area contributed by atoms with Crippen molar-refractivity contribution >= 4 is 21.7 Å². The van der Waals surface area contributed by atoms with E-state index < -0.39 is 0 Å². The summed E-state index contributed by atoms with van der Waals surface area (Å²) >= 11 is 3.39. The fraction of sp³-hybridized carbons (Fsp3) is 0.545. The summed E-state index contributed by atoms with van der Waals surface area (Å²) in [6.45, 7) is 5.95. The van der Waals surface area contributed by atoms with E-state index in [4.69, 9.17) is 4.74 Å². The summed E-state index contributed by atoms with van der Waals surface area (Å²) in [7, 11) is 0. The highest BCUT2D eigenvalue weighted by atomic mass is 79.9. The number of aromatic nitrogens is 1. The molecule has 1 aliphatic heterocycles. The van der Waals surface area contributed by atoms with Crippen LogP contribution in [0.5, 0.6) is 0 Å². The van der Waals surface area contributed by atoms with Gasteiger partial charge < -0.3 is 9.64 Å². The first-order valence-electron chi connectivity index (χ1n) is 5.16. The molecule has 0 aromatic carbocycles. The van der Waals surface area contributed by atoms with E-state index in [-0.39, 0.29) is 6.10 Å². The molecule has 15 heavy (non-hydrogen) atoms.